The van der Waals surface area contributed by atoms with E-state index in [0.717, 1.165) is 12.5 Å². The zero-order valence-electron chi connectivity index (χ0n) is 13.3. The number of rotatable bonds is 5. The molecule has 0 bridgehead atoms. The summed E-state index contributed by atoms with van der Waals surface area (Å²) in [7, 11) is 0. The Balaban J connectivity index is 1.99. The second-order valence-corrected chi connectivity index (χ2v) is 7.03. The largest absolute Gasteiger partial charge is 0.323 e. The summed E-state index contributed by atoms with van der Waals surface area (Å²) >= 11 is 0. The van der Waals surface area contributed by atoms with Gasteiger partial charge in [-0.05, 0) is 36.3 Å². The van der Waals surface area contributed by atoms with Crippen LogP contribution in [0.25, 0.3) is 0 Å². The first-order valence-corrected chi connectivity index (χ1v) is 8.06. The van der Waals surface area contributed by atoms with Crippen LogP contribution in [0.3, 0.4) is 0 Å². The lowest BCUT2D eigenvalue weighted by Crippen LogP contribution is -2.44. The van der Waals surface area contributed by atoms with Gasteiger partial charge in [0.05, 0.1) is 0 Å². The number of hydrogen-bond acceptors (Lipinski definition) is 2. The number of benzene rings is 1. The van der Waals surface area contributed by atoms with Crippen molar-refractivity contribution < 1.29 is 0 Å². The first-order valence-electron chi connectivity index (χ1n) is 8.06. The Morgan fingerprint density at radius 2 is 2.00 bits per heavy atom. The Morgan fingerprint density at radius 1 is 1.30 bits per heavy atom. The number of likely N-dealkylation sites (tertiary alicyclic amines) is 1. The van der Waals surface area contributed by atoms with E-state index in [-0.39, 0.29) is 11.5 Å². The lowest BCUT2D eigenvalue weighted by atomic mass is 9.80. The molecule has 1 fully saturated rings. The molecule has 1 aromatic carbocycles. The van der Waals surface area contributed by atoms with E-state index in [4.69, 9.17) is 5.73 Å². The molecule has 0 saturated carbocycles. The van der Waals surface area contributed by atoms with E-state index in [1.165, 1.54) is 37.9 Å². The van der Waals surface area contributed by atoms with Crippen molar-refractivity contribution in [1.82, 2.24) is 4.90 Å². The fourth-order valence-corrected chi connectivity index (χ4v) is 3.41. The molecule has 1 heterocycles. The van der Waals surface area contributed by atoms with Crippen molar-refractivity contribution in [3.63, 3.8) is 0 Å². The summed E-state index contributed by atoms with van der Waals surface area (Å²) in [6.07, 6.45) is 4.05. The quantitative estimate of drug-likeness (QED) is 0.884. The Bertz CT molecular complexity index is 399. The van der Waals surface area contributed by atoms with Crippen LogP contribution in [0.15, 0.2) is 30.3 Å². The summed E-state index contributed by atoms with van der Waals surface area (Å²) in [6.45, 7) is 10.5. The normalized spacial score (nSPS) is 22.7. The fraction of sp³-hybridized carbons (Fsp3) is 0.667. The van der Waals surface area contributed by atoms with Gasteiger partial charge in [0.1, 0.15) is 0 Å². The van der Waals surface area contributed by atoms with Crippen molar-refractivity contribution in [2.45, 2.75) is 46.1 Å². The van der Waals surface area contributed by atoms with Gasteiger partial charge in [0.25, 0.3) is 0 Å². The molecule has 2 unspecified atom stereocenters. The van der Waals surface area contributed by atoms with E-state index >= 15 is 0 Å². The molecule has 2 atom stereocenters. The van der Waals surface area contributed by atoms with Crippen LogP contribution in [0.1, 0.15) is 51.6 Å². The van der Waals surface area contributed by atoms with E-state index in [0.29, 0.717) is 0 Å². The Labute approximate surface area is 124 Å². The van der Waals surface area contributed by atoms with Gasteiger partial charge < -0.3 is 10.6 Å². The number of piperidine rings is 1. The van der Waals surface area contributed by atoms with E-state index in [1.54, 1.807) is 0 Å². The van der Waals surface area contributed by atoms with Crippen LogP contribution in [0.4, 0.5) is 0 Å². The number of nitrogens with two attached hydrogens (primary N) is 1. The van der Waals surface area contributed by atoms with Crippen LogP contribution < -0.4 is 5.73 Å². The van der Waals surface area contributed by atoms with Gasteiger partial charge in [0.2, 0.25) is 0 Å². The van der Waals surface area contributed by atoms with E-state index < -0.39 is 0 Å². The summed E-state index contributed by atoms with van der Waals surface area (Å²) < 4.78 is 0. The lowest BCUT2D eigenvalue weighted by molar-refractivity contribution is 0.104. The maximum absolute atomic E-state index is 6.53. The van der Waals surface area contributed by atoms with E-state index in [9.17, 15) is 0 Å². The second kappa shape index (κ2) is 6.73. The molecule has 2 nitrogen and oxygen atoms in total. The van der Waals surface area contributed by atoms with Crippen molar-refractivity contribution in [3.8, 4) is 0 Å². The molecule has 0 radical (unpaired) electrons. The Hall–Kier alpha value is -0.860. The van der Waals surface area contributed by atoms with Crippen LogP contribution in [0, 0.1) is 11.3 Å². The van der Waals surface area contributed by atoms with Crippen molar-refractivity contribution in [3.05, 3.63) is 35.9 Å². The van der Waals surface area contributed by atoms with Gasteiger partial charge in [-0.1, -0.05) is 57.5 Å². The van der Waals surface area contributed by atoms with E-state index in [2.05, 4.69) is 56.0 Å². The standard InChI is InChI=1S/C18H30N2/c1-4-15-9-8-12-20(13-15)14-18(2,3)17(19)16-10-6-5-7-11-16/h5-7,10-11,15,17H,4,8-9,12-14,19H2,1-3H3. The van der Waals surface area contributed by atoms with Crippen molar-refractivity contribution in [1.29, 1.82) is 0 Å². The van der Waals surface area contributed by atoms with Gasteiger partial charge in [-0.25, -0.2) is 0 Å². The smallest absolute Gasteiger partial charge is 0.0359 e. The second-order valence-electron chi connectivity index (χ2n) is 7.03. The molecule has 2 N–H and O–H groups in total. The molecule has 0 amide bonds. The minimum Gasteiger partial charge on any atom is -0.323 e. The number of nitrogens with zero attached hydrogens (tertiary/aromatic N) is 1. The summed E-state index contributed by atoms with van der Waals surface area (Å²) in [4.78, 5) is 2.63. The average molecular weight is 274 g/mol. The first-order chi connectivity index (χ1) is 9.53. The van der Waals surface area contributed by atoms with Gasteiger partial charge in [-0.2, -0.15) is 0 Å². The fourth-order valence-electron chi connectivity index (χ4n) is 3.41. The SMILES string of the molecule is CCC1CCCN(CC(C)(C)C(N)c2ccccc2)C1. The minimum atomic E-state index is 0.103. The van der Waals surface area contributed by atoms with Crippen molar-refractivity contribution in [2.24, 2.45) is 17.1 Å². The summed E-state index contributed by atoms with van der Waals surface area (Å²) in [5, 5.41) is 0. The van der Waals surface area contributed by atoms with Crippen LogP contribution in [0.5, 0.6) is 0 Å². The highest BCUT2D eigenvalue weighted by atomic mass is 15.1. The van der Waals surface area contributed by atoms with Crippen LogP contribution in [-0.2, 0) is 0 Å². The third-order valence-electron chi connectivity index (χ3n) is 4.81. The summed E-state index contributed by atoms with van der Waals surface area (Å²) in [5.74, 6) is 0.882. The molecular weight excluding hydrogens is 244 g/mol. The van der Waals surface area contributed by atoms with Crippen LogP contribution in [0.2, 0.25) is 0 Å². The van der Waals surface area contributed by atoms with Crippen molar-refractivity contribution >= 4 is 0 Å². The molecular formula is C18H30N2. The highest BCUT2D eigenvalue weighted by Gasteiger charge is 2.31. The Morgan fingerprint density at radius 3 is 2.65 bits per heavy atom. The average Bonchev–Trinajstić information content (AvgIpc) is 2.47. The zero-order valence-corrected chi connectivity index (χ0v) is 13.3. The molecule has 0 aromatic heterocycles. The molecule has 0 aliphatic carbocycles. The van der Waals surface area contributed by atoms with Crippen LogP contribution >= 0.6 is 0 Å². The van der Waals surface area contributed by atoms with Gasteiger partial charge in [-0.15, -0.1) is 0 Å². The third-order valence-corrected chi connectivity index (χ3v) is 4.81. The lowest BCUT2D eigenvalue weighted by Gasteiger charge is -2.40. The third kappa shape index (κ3) is 3.83. The highest BCUT2D eigenvalue weighted by Crippen LogP contribution is 2.33. The predicted octanol–water partition coefficient (Wildman–Crippen LogP) is 3.83. The molecule has 112 valence electrons. The van der Waals surface area contributed by atoms with Crippen molar-refractivity contribution in [2.75, 3.05) is 19.6 Å². The molecule has 2 heteroatoms. The molecule has 20 heavy (non-hydrogen) atoms. The molecule has 1 aliphatic rings. The summed E-state index contributed by atoms with van der Waals surface area (Å²) in [5.41, 5.74) is 7.89. The zero-order chi connectivity index (χ0) is 14.6. The van der Waals surface area contributed by atoms with Crippen LogP contribution in [-0.4, -0.2) is 24.5 Å². The monoisotopic (exact) mass is 274 g/mol. The molecule has 1 aliphatic heterocycles. The van der Waals surface area contributed by atoms with Gasteiger partial charge in [0, 0.05) is 19.1 Å². The van der Waals surface area contributed by atoms with E-state index in [1.807, 2.05) is 0 Å². The maximum Gasteiger partial charge on any atom is 0.0359 e. The van der Waals surface area contributed by atoms with Gasteiger partial charge in [-0.3, -0.25) is 0 Å². The highest BCUT2D eigenvalue weighted by molar-refractivity contribution is 5.20. The molecule has 1 saturated heterocycles. The Kier molecular flexibility index (Phi) is 5.22. The topological polar surface area (TPSA) is 29.3 Å². The summed E-state index contributed by atoms with van der Waals surface area (Å²) in [6, 6.07) is 10.6. The van der Waals surface area contributed by atoms with Gasteiger partial charge >= 0.3 is 0 Å². The number of hydrogen-bond donors (Lipinski definition) is 1. The molecule has 0 spiro atoms. The maximum atomic E-state index is 6.53. The van der Waals surface area contributed by atoms with Gasteiger partial charge in [0.15, 0.2) is 0 Å². The predicted molar refractivity (Wildman–Crippen MR) is 86.6 cm³/mol. The minimum absolute atomic E-state index is 0.103. The molecule has 1 aromatic rings. The molecule has 2 rings (SSSR count). The first kappa shape index (κ1) is 15.5.